The van der Waals surface area contributed by atoms with Crippen molar-refractivity contribution < 1.29 is 0 Å². The fraction of sp³-hybridized carbons (Fsp3) is 1.00. The molecule has 2 rings (SSSR count). The molecule has 1 aliphatic heterocycles. The summed E-state index contributed by atoms with van der Waals surface area (Å²) in [5.74, 6) is 2.04. The molecule has 1 heterocycles. The molecule has 15 heavy (non-hydrogen) atoms. The average Bonchev–Trinajstić information content (AvgIpc) is 3.08. The number of rotatable bonds is 2. The molecule has 0 spiro atoms. The molecule has 0 N–H and O–H groups in total. The first-order valence-corrected chi connectivity index (χ1v) is 7.07. The van der Waals surface area contributed by atoms with Crippen molar-refractivity contribution in [3.63, 3.8) is 0 Å². The Balaban J connectivity index is 0.000000442. The molecule has 0 aromatic carbocycles. The van der Waals surface area contributed by atoms with Gasteiger partial charge in [-0.05, 0) is 44.1 Å². The molecule has 1 saturated heterocycles. The normalized spacial score (nSPS) is 25.8. The summed E-state index contributed by atoms with van der Waals surface area (Å²) in [4.78, 5) is 2.67. The summed E-state index contributed by atoms with van der Waals surface area (Å²) >= 11 is 0. The minimum atomic E-state index is 0.961. The van der Waals surface area contributed by atoms with Crippen molar-refractivity contribution in [2.75, 3.05) is 19.6 Å². The molecule has 1 heteroatoms. The molecule has 0 aromatic rings. The molecular formula is C14H31N. The Hall–Kier alpha value is -0.0400. The maximum Gasteiger partial charge on any atom is 0.000977 e. The molecule has 2 fully saturated rings. The van der Waals surface area contributed by atoms with E-state index in [1.165, 1.54) is 45.3 Å². The van der Waals surface area contributed by atoms with Gasteiger partial charge in [-0.2, -0.15) is 0 Å². The molecule has 1 nitrogen and oxygen atoms in total. The van der Waals surface area contributed by atoms with Crippen molar-refractivity contribution in [3.8, 4) is 0 Å². The summed E-state index contributed by atoms with van der Waals surface area (Å²) in [6.07, 6.45) is 5.91. The zero-order chi connectivity index (χ0) is 11.7. The standard InChI is InChI=1S/C10H19N.2C2H6/c1-9-3-2-6-11(7-9)8-10-4-5-10;2*1-2/h9-10H,2-8H2,1H3;2*1-2H3. The van der Waals surface area contributed by atoms with E-state index < -0.39 is 0 Å². The topological polar surface area (TPSA) is 3.24 Å². The lowest BCUT2D eigenvalue weighted by Gasteiger charge is -2.30. The second kappa shape index (κ2) is 9.21. The van der Waals surface area contributed by atoms with Crippen LogP contribution in [-0.4, -0.2) is 24.5 Å². The fourth-order valence-electron chi connectivity index (χ4n) is 2.12. The van der Waals surface area contributed by atoms with E-state index in [4.69, 9.17) is 0 Å². The van der Waals surface area contributed by atoms with Gasteiger partial charge in [0.05, 0.1) is 0 Å². The van der Waals surface area contributed by atoms with E-state index in [1.807, 2.05) is 27.7 Å². The first-order valence-electron chi connectivity index (χ1n) is 7.07. The number of hydrogen-bond acceptors (Lipinski definition) is 1. The molecule has 0 amide bonds. The number of nitrogens with zero attached hydrogens (tertiary/aromatic N) is 1. The highest BCUT2D eigenvalue weighted by Gasteiger charge is 2.26. The van der Waals surface area contributed by atoms with Crippen LogP contribution in [-0.2, 0) is 0 Å². The fourth-order valence-corrected chi connectivity index (χ4v) is 2.12. The van der Waals surface area contributed by atoms with Gasteiger partial charge in [0, 0.05) is 13.1 Å². The first-order chi connectivity index (χ1) is 7.34. The predicted molar refractivity (Wildman–Crippen MR) is 70.3 cm³/mol. The minimum absolute atomic E-state index is 0.961. The second-order valence-corrected chi connectivity index (χ2v) is 4.45. The van der Waals surface area contributed by atoms with E-state index in [9.17, 15) is 0 Å². The van der Waals surface area contributed by atoms with Gasteiger partial charge in [-0.25, -0.2) is 0 Å². The van der Waals surface area contributed by atoms with Gasteiger partial charge in [0.25, 0.3) is 0 Å². The summed E-state index contributed by atoms with van der Waals surface area (Å²) in [5.41, 5.74) is 0. The van der Waals surface area contributed by atoms with E-state index in [2.05, 4.69) is 11.8 Å². The number of likely N-dealkylation sites (tertiary alicyclic amines) is 1. The maximum absolute atomic E-state index is 2.67. The van der Waals surface area contributed by atoms with E-state index in [1.54, 1.807) is 0 Å². The third-order valence-corrected chi connectivity index (χ3v) is 2.95. The van der Waals surface area contributed by atoms with Crippen LogP contribution in [0.15, 0.2) is 0 Å². The minimum Gasteiger partial charge on any atom is -0.303 e. The molecule has 2 aliphatic rings. The van der Waals surface area contributed by atoms with Gasteiger partial charge in [-0.1, -0.05) is 34.6 Å². The lowest BCUT2D eigenvalue weighted by Crippen LogP contribution is -2.35. The molecule has 1 atom stereocenters. The van der Waals surface area contributed by atoms with Gasteiger partial charge in [0.15, 0.2) is 0 Å². The van der Waals surface area contributed by atoms with Crippen molar-refractivity contribution in [1.29, 1.82) is 0 Å². The Morgan fingerprint density at radius 2 is 1.60 bits per heavy atom. The van der Waals surface area contributed by atoms with Gasteiger partial charge >= 0.3 is 0 Å². The highest BCUT2D eigenvalue weighted by atomic mass is 15.1. The Kier molecular flexibility index (Phi) is 9.18. The van der Waals surface area contributed by atoms with Crippen molar-refractivity contribution in [2.45, 2.75) is 60.3 Å². The molecule has 1 aliphatic carbocycles. The molecule has 0 aromatic heterocycles. The van der Waals surface area contributed by atoms with E-state index in [0.29, 0.717) is 0 Å². The smallest absolute Gasteiger partial charge is 0.000977 e. The Labute approximate surface area is 97.2 Å². The zero-order valence-corrected chi connectivity index (χ0v) is 11.6. The van der Waals surface area contributed by atoms with Crippen LogP contribution < -0.4 is 0 Å². The van der Waals surface area contributed by atoms with Crippen molar-refractivity contribution in [2.24, 2.45) is 11.8 Å². The SMILES string of the molecule is CC.CC.CC1CCCN(CC2CC2)C1. The Bertz CT molecular complexity index is 127. The lowest BCUT2D eigenvalue weighted by atomic mass is 10.0. The Morgan fingerprint density at radius 3 is 2.07 bits per heavy atom. The van der Waals surface area contributed by atoms with E-state index in [0.717, 1.165) is 11.8 Å². The number of hydrogen-bond donors (Lipinski definition) is 0. The van der Waals surface area contributed by atoms with Crippen LogP contribution in [0.25, 0.3) is 0 Å². The molecule has 92 valence electrons. The second-order valence-electron chi connectivity index (χ2n) is 4.45. The molecule has 1 saturated carbocycles. The summed E-state index contributed by atoms with van der Waals surface area (Å²) in [5, 5.41) is 0. The zero-order valence-electron chi connectivity index (χ0n) is 11.6. The largest absolute Gasteiger partial charge is 0.303 e. The lowest BCUT2D eigenvalue weighted by molar-refractivity contribution is 0.177. The Morgan fingerprint density at radius 1 is 1.00 bits per heavy atom. The van der Waals surface area contributed by atoms with Crippen LogP contribution in [0.1, 0.15) is 60.3 Å². The quantitative estimate of drug-likeness (QED) is 0.665. The summed E-state index contributed by atoms with van der Waals surface area (Å²) < 4.78 is 0. The van der Waals surface area contributed by atoms with Crippen LogP contribution >= 0.6 is 0 Å². The van der Waals surface area contributed by atoms with Gasteiger partial charge in [-0.15, -0.1) is 0 Å². The van der Waals surface area contributed by atoms with E-state index in [-0.39, 0.29) is 0 Å². The molecular weight excluding hydrogens is 182 g/mol. The highest BCUT2D eigenvalue weighted by Crippen LogP contribution is 2.31. The van der Waals surface area contributed by atoms with Crippen molar-refractivity contribution >= 4 is 0 Å². The third kappa shape index (κ3) is 6.94. The summed E-state index contributed by atoms with van der Waals surface area (Å²) in [7, 11) is 0. The summed E-state index contributed by atoms with van der Waals surface area (Å²) in [6, 6.07) is 0. The average molecular weight is 213 g/mol. The van der Waals surface area contributed by atoms with Gasteiger partial charge in [0.2, 0.25) is 0 Å². The van der Waals surface area contributed by atoms with E-state index >= 15 is 0 Å². The third-order valence-electron chi connectivity index (χ3n) is 2.95. The maximum atomic E-state index is 2.67. The van der Waals surface area contributed by atoms with Crippen molar-refractivity contribution in [1.82, 2.24) is 4.90 Å². The van der Waals surface area contributed by atoms with Crippen LogP contribution in [0.4, 0.5) is 0 Å². The van der Waals surface area contributed by atoms with Crippen LogP contribution in [0.2, 0.25) is 0 Å². The van der Waals surface area contributed by atoms with Gasteiger partial charge in [-0.3, -0.25) is 0 Å². The van der Waals surface area contributed by atoms with Crippen LogP contribution in [0.3, 0.4) is 0 Å². The van der Waals surface area contributed by atoms with Gasteiger partial charge in [0.1, 0.15) is 0 Å². The molecule has 0 radical (unpaired) electrons. The van der Waals surface area contributed by atoms with Crippen molar-refractivity contribution in [3.05, 3.63) is 0 Å². The monoisotopic (exact) mass is 213 g/mol. The van der Waals surface area contributed by atoms with Crippen LogP contribution in [0.5, 0.6) is 0 Å². The predicted octanol–water partition coefficient (Wildman–Crippen LogP) is 4.18. The first kappa shape index (κ1) is 15.0. The molecule has 0 bridgehead atoms. The highest BCUT2D eigenvalue weighted by molar-refractivity contribution is 4.79. The number of piperidine rings is 1. The molecule has 1 unspecified atom stereocenters. The summed E-state index contributed by atoms with van der Waals surface area (Å²) in [6.45, 7) is 14.5. The van der Waals surface area contributed by atoms with Crippen LogP contribution in [0, 0.1) is 11.8 Å². The van der Waals surface area contributed by atoms with Gasteiger partial charge < -0.3 is 4.90 Å².